The number of carbonyl (C=O) groups excluding carboxylic acids is 2. The SMILES string of the molecule is CCS(=O)(=O)N(C)CCCNC(=O)c1ccccc1N(C)C(=O)c1cccs1. The van der Waals surface area contributed by atoms with Gasteiger partial charge in [0.2, 0.25) is 10.0 Å². The zero-order valence-corrected chi connectivity index (χ0v) is 17.8. The van der Waals surface area contributed by atoms with Crippen LogP contribution in [0.2, 0.25) is 0 Å². The molecule has 152 valence electrons. The monoisotopic (exact) mass is 423 g/mol. The summed E-state index contributed by atoms with van der Waals surface area (Å²) in [6.45, 7) is 2.26. The molecular weight excluding hydrogens is 398 g/mol. The molecule has 2 amide bonds. The zero-order valence-electron chi connectivity index (χ0n) is 16.2. The van der Waals surface area contributed by atoms with Gasteiger partial charge in [-0.25, -0.2) is 12.7 Å². The number of amides is 2. The standard InChI is InChI=1S/C19H25N3O4S2/c1-4-28(25,26)21(2)13-8-12-20-18(23)15-9-5-6-10-16(15)22(3)19(24)17-11-7-14-27-17/h5-7,9-11,14H,4,8,12-13H2,1-3H3,(H,20,23). The molecule has 2 aromatic rings. The first-order chi connectivity index (χ1) is 13.3. The van der Waals surface area contributed by atoms with Crippen LogP contribution in [0.4, 0.5) is 5.69 Å². The number of rotatable bonds is 9. The Labute approximate surface area is 170 Å². The predicted molar refractivity (Wildman–Crippen MR) is 113 cm³/mol. The average Bonchev–Trinajstić information content (AvgIpc) is 3.24. The van der Waals surface area contributed by atoms with Crippen molar-refractivity contribution in [3.8, 4) is 0 Å². The van der Waals surface area contributed by atoms with Crippen molar-refractivity contribution in [1.82, 2.24) is 9.62 Å². The van der Waals surface area contributed by atoms with E-state index in [0.717, 1.165) is 0 Å². The first-order valence-electron chi connectivity index (χ1n) is 8.90. The molecule has 0 radical (unpaired) electrons. The molecular formula is C19H25N3O4S2. The zero-order chi connectivity index (χ0) is 20.7. The van der Waals surface area contributed by atoms with Crippen LogP contribution < -0.4 is 10.2 Å². The van der Waals surface area contributed by atoms with Crippen LogP contribution in [0.5, 0.6) is 0 Å². The third-order valence-electron chi connectivity index (χ3n) is 4.32. The van der Waals surface area contributed by atoms with E-state index in [2.05, 4.69) is 5.32 Å². The van der Waals surface area contributed by atoms with Gasteiger partial charge in [0.1, 0.15) is 0 Å². The highest BCUT2D eigenvalue weighted by molar-refractivity contribution is 7.89. The van der Waals surface area contributed by atoms with E-state index < -0.39 is 10.0 Å². The van der Waals surface area contributed by atoms with Crippen LogP contribution in [-0.4, -0.2) is 57.5 Å². The van der Waals surface area contributed by atoms with Gasteiger partial charge >= 0.3 is 0 Å². The summed E-state index contributed by atoms with van der Waals surface area (Å²) in [4.78, 5) is 27.2. The van der Waals surface area contributed by atoms with Gasteiger partial charge in [0.25, 0.3) is 11.8 Å². The maximum Gasteiger partial charge on any atom is 0.268 e. The molecule has 0 aliphatic heterocycles. The molecule has 1 aromatic carbocycles. The van der Waals surface area contributed by atoms with Gasteiger partial charge in [0, 0.05) is 27.2 Å². The summed E-state index contributed by atoms with van der Waals surface area (Å²) in [7, 11) is -0.0561. The molecule has 0 atom stereocenters. The van der Waals surface area contributed by atoms with Gasteiger partial charge < -0.3 is 10.2 Å². The smallest absolute Gasteiger partial charge is 0.268 e. The van der Waals surface area contributed by atoms with Crippen LogP contribution in [0.25, 0.3) is 0 Å². The normalized spacial score (nSPS) is 11.4. The number of carbonyl (C=O) groups is 2. The van der Waals surface area contributed by atoms with Gasteiger partial charge in [-0.3, -0.25) is 9.59 Å². The first-order valence-corrected chi connectivity index (χ1v) is 11.4. The fourth-order valence-electron chi connectivity index (χ4n) is 2.59. The van der Waals surface area contributed by atoms with Gasteiger partial charge in [-0.1, -0.05) is 18.2 Å². The summed E-state index contributed by atoms with van der Waals surface area (Å²) >= 11 is 1.35. The van der Waals surface area contributed by atoms with Crippen LogP contribution in [0.3, 0.4) is 0 Å². The van der Waals surface area contributed by atoms with Crippen molar-refractivity contribution in [2.24, 2.45) is 0 Å². The Bertz CT molecular complexity index is 911. The molecule has 0 aliphatic rings. The van der Waals surface area contributed by atoms with Crippen molar-refractivity contribution < 1.29 is 18.0 Å². The maximum atomic E-state index is 12.6. The van der Waals surface area contributed by atoms with E-state index in [0.29, 0.717) is 35.6 Å². The van der Waals surface area contributed by atoms with E-state index in [4.69, 9.17) is 0 Å². The third-order valence-corrected chi connectivity index (χ3v) is 7.04. The molecule has 0 unspecified atom stereocenters. The molecule has 1 aromatic heterocycles. The number of hydrogen-bond acceptors (Lipinski definition) is 5. The minimum absolute atomic E-state index is 0.0494. The second-order valence-corrected chi connectivity index (χ2v) is 9.50. The maximum absolute atomic E-state index is 12.6. The van der Waals surface area contributed by atoms with Crippen LogP contribution >= 0.6 is 11.3 Å². The number of benzene rings is 1. The minimum atomic E-state index is -3.22. The van der Waals surface area contributed by atoms with Crippen molar-refractivity contribution in [3.63, 3.8) is 0 Å². The molecule has 0 saturated carbocycles. The number of nitrogens with zero attached hydrogens (tertiary/aromatic N) is 2. The number of anilines is 1. The predicted octanol–water partition coefficient (Wildman–Crippen LogP) is 2.43. The molecule has 9 heteroatoms. The summed E-state index contributed by atoms with van der Waals surface area (Å²) in [5, 5.41) is 4.63. The molecule has 28 heavy (non-hydrogen) atoms. The topological polar surface area (TPSA) is 86.8 Å². The summed E-state index contributed by atoms with van der Waals surface area (Å²) in [5.41, 5.74) is 0.911. The highest BCUT2D eigenvalue weighted by Gasteiger charge is 2.20. The van der Waals surface area contributed by atoms with E-state index in [9.17, 15) is 18.0 Å². The van der Waals surface area contributed by atoms with E-state index >= 15 is 0 Å². The van der Waals surface area contributed by atoms with Gasteiger partial charge in [-0.2, -0.15) is 0 Å². The fraction of sp³-hybridized carbons (Fsp3) is 0.368. The molecule has 0 spiro atoms. The Balaban J connectivity index is 2.00. The van der Waals surface area contributed by atoms with Crippen LogP contribution in [0, 0.1) is 0 Å². The van der Waals surface area contributed by atoms with Gasteiger partial charge in [0.05, 0.1) is 21.9 Å². The van der Waals surface area contributed by atoms with E-state index in [-0.39, 0.29) is 17.6 Å². The Morgan fingerprint density at radius 3 is 2.46 bits per heavy atom. The highest BCUT2D eigenvalue weighted by Crippen LogP contribution is 2.22. The molecule has 2 rings (SSSR count). The lowest BCUT2D eigenvalue weighted by molar-refractivity contribution is 0.0953. The van der Waals surface area contributed by atoms with Crippen molar-refractivity contribution in [3.05, 3.63) is 52.2 Å². The summed E-state index contributed by atoms with van der Waals surface area (Å²) in [6.07, 6.45) is 0.494. The van der Waals surface area contributed by atoms with Crippen LogP contribution in [0.1, 0.15) is 33.4 Å². The van der Waals surface area contributed by atoms with Crippen LogP contribution in [-0.2, 0) is 10.0 Å². The van der Waals surface area contributed by atoms with Gasteiger partial charge in [-0.05, 0) is 36.9 Å². The summed E-state index contributed by atoms with van der Waals surface area (Å²) < 4.78 is 24.8. The number of thiophene rings is 1. The Morgan fingerprint density at radius 1 is 1.11 bits per heavy atom. The molecule has 0 fully saturated rings. The Hall–Kier alpha value is -2.23. The number of sulfonamides is 1. The van der Waals surface area contributed by atoms with Crippen LogP contribution in [0.15, 0.2) is 41.8 Å². The Kier molecular flexibility index (Phi) is 7.73. The largest absolute Gasteiger partial charge is 0.352 e. The second-order valence-electron chi connectivity index (χ2n) is 6.19. The lowest BCUT2D eigenvalue weighted by Crippen LogP contribution is -2.33. The van der Waals surface area contributed by atoms with Gasteiger partial charge in [-0.15, -0.1) is 11.3 Å². The van der Waals surface area contributed by atoms with Crippen molar-refractivity contribution in [1.29, 1.82) is 0 Å². The Morgan fingerprint density at radius 2 is 1.82 bits per heavy atom. The quantitative estimate of drug-likeness (QED) is 0.628. The van der Waals surface area contributed by atoms with Gasteiger partial charge in [0.15, 0.2) is 0 Å². The number of hydrogen-bond donors (Lipinski definition) is 1. The van der Waals surface area contributed by atoms with E-state index in [1.165, 1.54) is 27.6 Å². The van der Waals surface area contributed by atoms with Crippen molar-refractivity contribution in [2.75, 3.05) is 37.8 Å². The average molecular weight is 424 g/mol. The number of nitrogens with one attached hydrogen (secondary N) is 1. The second kappa shape index (κ2) is 9.81. The molecule has 1 N–H and O–H groups in total. The molecule has 0 saturated heterocycles. The van der Waals surface area contributed by atoms with Crippen molar-refractivity contribution in [2.45, 2.75) is 13.3 Å². The first kappa shape index (κ1) is 22.1. The summed E-state index contributed by atoms with van der Waals surface area (Å²) in [5.74, 6) is -0.433. The lowest BCUT2D eigenvalue weighted by Gasteiger charge is -2.20. The third kappa shape index (κ3) is 5.40. The van der Waals surface area contributed by atoms with E-state index in [1.54, 1.807) is 50.4 Å². The van der Waals surface area contributed by atoms with E-state index in [1.807, 2.05) is 5.38 Å². The molecule has 7 nitrogen and oxygen atoms in total. The fourth-order valence-corrected chi connectivity index (χ4v) is 4.14. The lowest BCUT2D eigenvalue weighted by atomic mass is 10.1. The van der Waals surface area contributed by atoms with Crippen molar-refractivity contribution >= 4 is 38.9 Å². The number of para-hydroxylation sites is 1. The highest BCUT2D eigenvalue weighted by atomic mass is 32.2. The molecule has 1 heterocycles. The molecule has 0 bridgehead atoms. The minimum Gasteiger partial charge on any atom is -0.352 e. The summed E-state index contributed by atoms with van der Waals surface area (Å²) in [6, 6.07) is 10.4. The molecule has 0 aliphatic carbocycles.